The molecule has 1 aromatic carbocycles. The summed E-state index contributed by atoms with van der Waals surface area (Å²) in [7, 11) is 0. The lowest BCUT2D eigenvalue weighted by molar-refractivity contribution is 0.315. The summed E-state index contributed by atoms with van der Waals surface area (Å²) in [6, 6.07) is 10.5. The van der Waals surface area contributed by atoms with E-state index >= 15 is 0 Å². The molecule has 4 heteroatoms. The molecular weight excluding hydrogens is 232 g/mol. The summed E-state index contributed by atoms with van der Waals surface area (Å²) >= 11 is 1.94. The molecule has 0 spiro atoms. The zero-order chi connectivity index (χ0) is 12.1. The van der Waals surface area contributed by atoms with Crippen LogP contribution in [0.4, 0.5) is 0 Å². The van der Waals surface area contributed by atoms with Gasteiger partial charge >= 0.3 is 0 Å². The lowest BCUT2D eigenvalue weighted by Crippen LogP contribution is -2.19. The van der Waals surface area contributed by atoms with Gasteiger partial charge in [-0.3, -0.25) is 0 Å². The molecule has 0 aliphatic heterocycles. The molecule has 2 rings (SSSR count). The Morgan fingerprint density at radius 1 is 1.35 bits per heavy atom. The SMILES string of the molecule is NC(CC1(CSCc2ccccc2)CC1)=NO. The third kappa shape index (κ3) is 3.66. The van der Waals surface area contributed by atoms with E-state index in [1.54, 1.807) is 0 Å². The second-order valence-corrected chi connectivity index (χ2v) is 5.73. The predicted molar refractivity (Wildman–Crippen MR) is 72.3 cm³/mol. The van der Waals surface area contributed by atoms with E-state index in [4.69, 9.17) is 10.9 Å². The van der Waals surface area contributed by atoms with Gasteiger partial charge in [0, 0.05) is 12.2 Å². The van der Waals surface area contributed by atoms with Gasteiger partial charge in [-0.15, -0.1) is 0 Å². The Morgan fingerprint density at radius 2 is 2.06 bits per heavy atom. The van der Waals surface area contributed by atoms with Gasteiger partial charge in [0.1, 0.15) is 5.84 Å². The first-order chi connectivity index (χ1) is 8.24. The van der Waals surface area contributed by atoms with Crippen molar-refractivity contribution in [3.8, 4) is 0 Å². The number of benzene rings is 1. The Balaban J connectivity index is 1.75. The number of thioether (sulfide) groups is 1. The molecule has 0 radical (unpaired) electrons. The van der Waals surface area contributed by atoms with Gasteiger partial charge in [0.15, 0.2) is 0 Å². The van der Waals surface area contributed by atoms with E-state index < -0.39 is 0 Å². The van der Waals surface area contributed by atoms with Crippen molar-refractivity contribution in [1.29, 1.82) is 0 Å². The lowest BCUT2D eigenvalue weighted by Gasteiger charge is -2.13. The summed E-state index contributed by atoms with van der Waals surface area (Å²) in [6.45, 7) is 0. The van der Waals surface area contributed by atoms with Crippen LogP contribution in [0.1, 0.15) is 24.8 Å². The summed E-state index contributed by atoms with van der Waals surface area (Å²) in [4.78, 5) is 0. The van der Waals surface area contributed by atoms with E-state index in [2.05, 4.69) is 29.4 Å². The molecule has 0 unspecified atom stereocenters. The predicted octanol–water partition coefficient (Wildman–Crippen LogP) is 2.84. The monoisotopic (exact) mass is 250 g/mol. The van der Waals surface area contributed by atoms with Crippen molar-refractivity contribution >= 4 is 17.6 Å². The average molecular weight is 250 g/mol. The van der Waals surface area contributed by atoms with Crippen molar-refractivity contribution in [3.63, 3.8) is 0 Å². The van der Waals surface area contributed by atoms with Gasteiger partial charge in [-0.05, 0) is 29.6 Å². The summed E-state index contributed by atoms with van der Waals surface area (Å²) in [5.74, 6) is 2.50. The molecule has 1 aliphatic rings. The van der Waals surface area contributed by atoms with Crippen LogP contribution in [-0.2, 0) is 5.75 Å². The van der Waals surface area contributed by atoms with E-state index in [9.17, 15) is 0 Å². The number of hydrogen-bond donors (Lipinski definition) is 2. The van der Waals surface area contributed by atoms with E-state index in [1.165, 1.54) is 18.4 Å². The van der Waals surface area contributed by atoms with E-state index in [1.807, 2.05) is 17.8 Å². The molecule has 1 saturated carbocycles. The quantitative estimate of drug-likeness (QED) is 0.353. The summed E-state index contributed by atoms with van der Waals surface area (Å²) in [5.41, 5.74) is 7.23. The van der Waals surface area contributed by atoms with Crippen molar-refractivity contribution in [3.05, 3.63) is 35.9 Å². The maximum atomic E-state index is 8.59. The van der Waals surface area contributed by atoms with Gasteiger partial charge in [0.2, 0.25) is 0 Å². The molecule has 1 fully saturated rings. The second kappa shape index (κ2) is 5.45. The highest BCUT2D eigenvalue weighted by molar-refractivity contribution is 7.98. The number of nitrogens with zero attached hydrogens (tertiary/aromatic N) is 1. The lowest BCUT2D eigenvalue weighted by atomic mass is 10.1. The topological polar surface area (TPSA) is 58.6 Å². The first kappa shape index (κ1) is 12.3. The molecule has 0 amide bonds. The minimum absolute atomic E-state index is 0.301. The number of nitrogens with two attached hydrogens (primary N) is 1. The van der Waals surface area contributed by atoms with Gasteiger partial charge in [-0.25, -0.2) is 0 Å². The molecule has 3 N–H and O–H groups in total. The van der Waals surface area contributed by atoms with Gasteiger partial charge in [-0.2, -0.15) is 11.8 Å². The molecule has 1 aliphatic carbocycles. The molecule has 0 atom stereocenters. The Kier molecular flexibility index (Phi) is 3.94. The number of rotatable bonds is 6. The standard InChI is InChI=1S/C13H18N2OS/c14-12(15-16)8-13(6-7-13)10-17-9-11-4-2-1-3-5-11/h1-5,16H,6-10H2,(H2,14,15). The average Bonchev–Trinajstić information content (AvgIpc) is 3.10. The normalized spacial score (nSPS) is 18.0. The van der Waals surface area contributed by atoms with Crippen LogP contribution >= 0.6 is 11.8 Å². The molecule has 0 heterocycles. The first-order valence-corrected chi connectivity index (χ1v) is 6.98. The smallest absolute Gasteiger partial charge is 0.139 e. The molecule has 3 nitrogen and oxygen atoms in total. The fourth-order valence-corrected chi connectivity index (χ4v) is 3.28. The van der Waals surface area contributed by atoms with Gasteiger partial charge < -0.3 is 10.9 Å². The third-order valence-corrected chi connectivity index (χ3v) is 4.52. The molecule has 1 aromatic rings. The number of oxime groups is 1. The minimum Gasteiger partial charge on any atom is -0.409 e. The Hall–Kier alpha value is -1.16. The fourth-order valence-electron chi connectivity index (χ4n) is 1.93. The molecule has 92 valence electrons. The van der Waals surface area contributed by atoms with Crippen molar-refractivity contribution in [1.82, 2.24) is 0 Å². The summed E-state index contributed by atoms with van der Waals surface area (Å²) in [5, 5.41) is 11.7. The minimum atomic E-state index is 0.301. The Morgan fingerprint density at radius 3 is 2.65 bits per heavy atom. The van der Waals surface area contributed by atoms with Crippen LogP contribution in [-0.4, -0.2) is 16.8 Å². The second-order valence-electron chi connectivity index (χ2n) is 4.75. The highest BCUT2D eigenvalue weighted by atomic mass is 32.2. The molecule has 0 saturated heterocycles. The van der Waals surface area contributed by atoms with Crippen LogP contribution in [0, 0.1) is 5.41 Å². The van der Waals surface area contributed by atoms with Crippen molar-refractivity contribution in [2.45, 2.75) is 25.0 Å². The van der Waals surface area contributed by atoms with Gasteiger partial charge in [-0.1, -0.05) is 35.5 Å². The van der Waals surface area contributed by atoms with Crippen LogP contribution in [0.15, 0.2) is 35.5 Å². The van der Waals surface area contributed by atoms with E-state index in [0.717, 1.165) is 17.9 Å². The summed E-state index contributed by atoms with van der Waals surface area (Å²) in [6.07, 6.45) is 3.13. The largest absolute Gasteiger partial charge is 0.409 e. The molecular formula is C13H18N2OS. The van der Waals surface area contributed by atoms with Crippen LogP contribution in [0.5, 0.6) is 0 Å². The highest BCUT2D eigenvalue weighted by Crippen LogP contribution is 2.51. The van der Waals surface area contributed by atoms with Crippen LogP contribution in [0.25, 0.3) is 0 Å². The Labute approximate surface area is 106 Å². The van der Waals surface area contributed by atoms with Crippen LogP contribution in [0.3, 0.4) is 0 Å². The van der Waals surface area contributed by atoms with Crippen LogP contribution in [0.2, 0.25) is 0 Å². The Bertz CT molecular complexity index is 388. The van der Waals surface area contributed by atoms with Gasteiger partial charge in [0.25, 0.3) is 0 Å². The zero-order valence-corrected chi connectivity index (χ0v) is 10.6. The zero-order valence-electron chi connectivity index (χ0n) is 9.80. The van der Waals surface area contributed by atoms with Crippen molar-refractivity contribution in [2.24, 2.45) is 16.3 Å². The fraction of sp³-hybridized carbons (Fsp3) is 0.462. The summed E-state index contributed by atoms with van der Waals surface area (Å²) < 4.78 is 0. The molecule has 0 aromatic heterocycles. The van der Waals surface area contributed by atoms with E-state index in [-0.39, 0.29) is 0 Å². The maximum absolute atomic E-state index is 8.59. The molecule has 17 heavy (non-hydrogen) atoms. The van der Waals surface area contributed by atoms with Crippen molar-refractivity contribution < 1.29 is 5.21 Å². The number of hydrogen-bond acceptors (Lipinski definition) is 3. The third-order valence-electron chi connectivity index (χ3n) is 3.16. The molecule has 0 bridgehead atoms. The highest BCUT2D eigenvalue weighted by Gasteiger charge is 2.42. The first-order valence-electron chi connectivity index (χ1n) is 5.82. The maximum Gasteiger partial charge on any atom is 0.139 e. The van der Waals surface area contributed by atoms with Gasteiger partial charge in [0.05, 0.1) is 0 Å². The van der Waals surface area contributed by atoms with Crippen LogP contribution < -0.4 is 5.73 Å². The van der Waals surface area contributed by atoms with E-state index in [0.29, 0.717) is 11.3 Å². The number of amidine groups is 1. The van der Waals surface area contributed by atoms with Crippen molar-refractivity contribution in [2.75, 3.05) is 5.75 Å².